The van der Waals surface area contributed by atoms with Crippen LogP contribution in [0.25, 0.3) is 0 Å². The lowest BCUT2D eigenvalue weighted by atomic mass is 9.82. The van der Waals surface area contributed by atoms with Gasteiger partial charge in [0.2, 0.25) is 0 Å². The van der Waals surface area contributed by atoms with Crippen LogP contribution in [0.4, 0.5) is 0 Å². The maximum absolute atomic E-state index is 5.50. The van der Waals surface area contributed by atoms with Crippen LogP contribution in [0.2, 0.25) is 0 Å². The van der Waals surface area contributed by atoms with Crippen LogP contribution in [-0.4, -0.2) is 20.3 Å². The Kier molecular flexibility index (Phi) is 9.52. The molecule has 0 spiro atoms. The molecule has 1 aliphatic carbocycles. The van der Waals surface area contributed by atoms with Gasteiger partial charge in [0.25, 0.3) is 0 Å². The Balaban J connectivity index is 0.000000313. The molecule has 2 nitrogen and oxygen atoms in total. The van der Waals surface area contributed by atoms with Crippen molar-refractivity contribution in [3.8, 4) is 17.6 Å². The van der Waals surface area contributed by atoms with Gasteiger partial charge < -0.3 is 9.47 Å². The van der Waals surface area contributed by atoms with Crippen LogP contribution >= 0.6 is 0 Å². The molecule has 0 N–H and O–H groups in total. The van der Waals surface area contributed by atoms with Crippen molar-refractivity contribution in [2.45, 2.75) is 46.0 Å². The van der Waals surface area contributed by atoms with E-state index in [9.17, 15) is 0 Å². The minimum atomic E-state index is 0.560. The van der Waals surface area contributed by atoms with Gasteiger partial charge in [0.1, 0.15) is 12.4 Å². The molecule has 0 unspecified atom stereocenters. The van der Waals surface area contributed by atoms with Crippen molar-refractivity contribution in [1.29, 1.82) is 0 Å². The van der Waals surface area contributed by atoms with E-state index in [0.29, 0.717) is 13.2 Å². The number of methoxy groups -OCH3 is 1. The first-order valence-electron chi connectivity index (χ1n) is 10.0. The molecule has 1 aliphatic rings. The SMILES string of the molecule is CCCC1CCC1.COCCOc1ccc(C#Cc2ccc(C)cc2)cc1. The van der Waals surface area contributed by atoms with Gasteiger partial charge in [-0.15, -0.1) is 0 Å². The molecule has 1 fully saturated rings. The third-order valence-corrected chi connectivity index (χ3v) is 4.73. The largest absolute Gasteiger partial charge is 0.491 e. The topological polar surface area (TPSA) is 18.5 Å². The summed E-state index contributed by atoms with van der Waals surface area (Å²) in [4.78, 5) is 0. The highest BCUT2D eigenvalue weighted by Crippen LogP contribution is 2.29. The molecular weight excluding hydrogens is 332 g/mol. The second kappa shape index (κ2) is 12.2. The van der Waals surface area contributed by atoms with Crippen molar-refractivity contribution in [2.75, 3.05) is 20.3 Å². The van der Waals surface area contributed by atoms with Gasteiger partial charge in [-0.25, -0.2) is 0 Å². The third kappa shape index (κ3) is 8.33. The Morgan fingerprint density at radius 2 is 1.48 bits per heavy atom. The normalized spacial score (nSPS) is 12.9. The molecule has 0 bridgehead atoms. The lowest BCUT2D eigenvalue weighted by Crippen LogP contribution is -2.09. The molecule has 0 heterocycles. The predicted octanol–water partition coefficient (Wildman–Crippen LogP) is 6.01. The van der Waals surface area contributed by atoms with E-state index in [1.165, 1.54) is 37.7 Å². The maximum Gasteiger partial charge on any atom is 0.119 e. The zero-order valence-electron chi connectivity index (χ0n) is 17.0. The molecule has 2 aromatic rings. The molecule has 0 radical (unpaired) electrons. The van der Waals surface area contributed by atoms with Gasteiger partial charge in [0.15, 0.2) is 0 Å². The molecule has 0 saturated heterocycles. The smallest absolute Gasteiger partial charge is 0.119 e. The fourth-order valence-corrected chi connectivity index (χ4v) is 2.85. The van der Waals surface area contributed by atoms with E-state index >= 15 is 0 Å². The fraction of sp³-hybridized carbons (Fsp3) is 0.440. The van der Waals surface area contributed by atoms with Gasteiger partial charge in [0.05, 0.1) is 6.61 Å². The molecule has 2 aromatic carbocycles. The van der Waals surface area contributed by atoms with Crippen molar-refractivity contribution < 1.29 is 9.47 Å². The van der Waals surface area contributed by atoms with Crippen LogP contribution in [0.3, 0.4) is 0 Å². The summed E-state index contributed by atoms with van der Waals surface area (Å²) in [5.41, 5.74) is 3.24. The highest BCUT2D eigenvalue weighted by molar-refractivity contribution is 5.44. The van der Waals surface area contributed by atoms with Gasteiger partial charge in [-0.2, -0.15) is 0 Å². The maximum atomic E-state index is 5.50. The number of aryl methyl sites for hydroxylation is 1. The number of benzene rings is 2. The molecule has 0 amide bonds. The predicted molar refractivity (Wildman–Crippen MR) is 113 cm³/mol. The zero-order chi connectivity index (χ0) is 19.3. The minimum Gasteiger partial charge on any atom is -0.491 e. The Morgan fingerprint density at radius 1 is 0.889 bits per heavy atom. The molecule has 27 heavy (non-hydrogen) atoms. The molecule has 1 saturated carbocycles. The molecule has 2 heteroatoms. The standard InChI is InChI=1S/C18H18O2.C7H14/c1-15-3-5-16(6-4-15)7-8-17-9-11-18(12-10-17)20-14-13-19-2;1-2-4-7-5-3-6-7/h3-6,9-12H,13-14H2,1-2H3;7H,2-6H2,1H3. The second-order valence-corrected chi connectivity index (χ2v) is 7.07. The number of hydrogen-bond donors (Lipinski definition) is 0. The minimum absolute atomic E-state index is 0.560. The first-order chi connectivity index (χ1) is 13.2. The fourth-order valence-electron chi connectivity index (χ4n) is 2.85. The highest BCUT2D eigenvalue weighted by atomic mass is 16.5. The third-order valence-electron chi connectivity index (χ3n) is 4.73. The summed E-state index contributed by atoms with van der Waals surface area (Å²) in [5.74, 6) is 8.26. The number of rotatable bonds is 6. The van der Waals surface area contributed by atoms with E-state index in [0.717, 1.165) is 22.8 Å². The van der Waals surface area contributed by atoms with Crippen LogP contribution in [0.15, 0.2) is 48.5 Å². The average molecular weight is 365 g/mol. The molecular formula is C25H32O2. The Labute approximate surface area is 164 Å². The first-order valence-corrected chi connectivity index (χ1v) is 10.0. The monoisotopic (exact) mass is 364 g/mol. The van der Waals surface area contributed by atoms with E-state index < -0.39 is 0 Å². The van der Waals surface area contributed by atoms with Gasteiger partial charge in [-0.3, -0.25) is 0 Å². The van der Waals surface area contributed by atoms with Crippen LogP contribution in [0.1, 0.15) is 55.7 Å². The molecule has 3 rings (SSSR count). The van der Waals surface area contributed by atoms with Crippen molar-refractivity contribution in [1.82, 2.24) is 0 Å². The quantitative estimate of drug-likeness (QED) is 0.462. The van der Waals surface area contributed by atoms with E-state index in [1.807, 2.05) is 36.4 Å². The number of ether oxygens (including phenoxy) is 2. The summed E-state index contributed by atoms with van der Waals surface area (Å²) in [7, 11) is 1.66. The van der Waals surface area contributed by atoms with Crippen molar-refractivity contribution in [3.63, 3.8) is 0 Å². The zero-order valence-corrected chi connectivity index (χ0v) is 17.0. The second-order valence-electron chi connectivity index (χ2n) is 7.07. The summed E-state index contributed by atoms with van der Waals surface area (Å²) >= 11 is 0. The van der Waals surface area contributed by atoms with Gasteiger partial charge in [-0.1, -0.05) is 68.6 Å². The van der Waals surface area contributed by atoms with Gasteiger partial charge >= 0.3 is 0 Å². The van der Waals surface area contributed by atoms with Crippen LogP contribution in [-0.2, 0) is 4.74 Å². The lowest BCUT2D eigenvalue weighted by Gasteiger charge is -2.24. The molecule has 144 valence electrons. The van der Waals surface area contributed by atoms with Crippen LogP contribution in [0, 0.1) is 24.7 Å². The molecule has 0 aliphatic heterocycles. The first kappa shape index (κ1) is 21.1. The molecule has 0 aromatic heterocycles. The van der Waals surface area contributed by atoms with Crippen molar-refractivity contribution in [2.24, 2.45) is 5.92 Å². The lowest BCUT2D eigenvalue weighted by molar-refractivity contribution is 0.146. The highest BCUT2D eigenvalue weighted by Gasteiger charge is 2.14. The average Bonchev–Trinajstić information content (AvgIpc) is 2.66. The van der Waals surface area contributed by atoms with Crippen LogP contribution in [0.5, 0.6) is 5.75 Å². The Hall–Kier alpha value is -2.24. The van der Waals surface area contributed by atoms with E-state index in [-0.39, 0.29) is 0 Å². The summed E-state index contributed by atoms with van der Waals surface area (Å²) in [6.45, 7) is 5.50. The van der Waals surface area contributed by atoms with Crippen molar-refractivity contribution in [3.05, 3.63) is 65.2 Å². The van der Waals surface area contributed by atoms with Gasteiger partial charge in [0, 0.05) is 18.2 Å². The summed E-state index contributed by atoms with van der Waals surface area (Å²) in [6, 6.07) is 16.0. The summed E-state index contributed by atoms with van der Waals surface area (Å²) in [6.07, 6.45) is 7.43. The Morgan fingerprint density at radius 3 is 1.93 bits per heavy atom. The number of hydrogen-bond acceptors (Lipinski definition) is 2. The van der Waals surface area contributed by atoms with E-state index in [1.54, 1.807) is 7.11 Å². The van der Waals surface area contributed by atoms with E-state index in [4.69, 9.17) is 9.47 Å². The van der Waals surface area contributed by atoms with Crippen molar-refractivity contribution >= 4 is 0 Å². The van der Waals surface area contributed by atoms with E-state index in [2.05, 4.69) is 37.8 Å². The summed E-state index contributed by atoms with van der Waals surface area (Å²) in [5, 5.41) is 0. The van der Waals surface area contributed by atoms with Crippen LogP contribution < -0.4 is 4.74 Å². The summed E-state index contributed by atoms with van der Waals surface area (Å²) < 4.78 is 10.4. The van der Waals surface area contributed by atoms with Gasteiger partial charge in [-0.05, 0) is 49.2 Å². The Bertz CT molecular complexity index is 701. The molecule has 0 atom stereocenters.